The molecular weight excluding hydrogens is 388 g/mol. The molecule has 4 aromatic rings. The zero-order chi connectivity index (χ0) is 21.2. The number of nitrogens with zero attached hydrogens (tertiary/aromatic N) is 3. The molecule has 0 unspecified atom stereocenters. The van der Waals surface area contributed by atoms with Crippen molar-refractivity contribution in [2.24, 2.45) is 0 Å². The summed E-state index contributed by atoms with van der Waals surface area (Å²) in [5, 5.41) is 0. The van der Waals surface area contributed by atoms with Gasteiger partial charge < -0.3 is 14.8 Å². The largest absolute Gasteiger partial charge is 0.345 e. The van der Waals surface area contributed by atoms with Crippen molar-refractivity contribution in [2.75, 3.05) is 26.2 Å². The smallest absolute Gasteiger partial charge is 0.254 e. The van der Waals surface area contributed by atoms with Crippen molar-refractivity contribution >= 4 is 22.8 Å². The van der Waals surface area contributed by atoms with E-state index in [0.717, 1.165) is 22.2 Å². The number of hydrogen-bond acceptors (Lipinski definition) is 3. The van der Waals surface area contributed by atoms with E-state index in [1.807, 2.05) is 59.5 Å². The van der Waals surface area contributed by atoms with Crippen LogP contribution in [0.25, 0.3) is 22.2 Å². The summed E-state index contributed by atoms with van der Waals surface area (Å²) in [7, 11) is 0. The fraction of sp³-hybridized carbons (Fsp3) is 0.160. The van der Waals surface area contributed by atoms with Crippen LogP contribution in [0, 0.1) is 0 Å². The number of amides is 2. The van der Waals surface area contributed by atoms with E-state index in [9.17, 15) is 9.59 Å². The Labute approximate surface area is 180 Å². The van der Waals surface area contributed by atoms with Crippen molar-refractivity contribution in [2.45, 2.75) is 0 Å². The molecule has 0 saturated carbocycles. The molecule has 3 aromatic carbocycles. The Kier molecular flexibility index (Phi) is 4.96. The maximum absolute atomic E-state index is 12.9. The van der Waals surface area contributed by atoms with Crippen LogP contribution in [0.4, 0.5) is 0 Å². The fourth-order valence-corrected chi connectivity index (χ4v) is 3.98. The molecule has 2 heterocycles. The first-order valence-corrected chi connectivity index (χ1v) is 10.4. The number of fused-ring (bicyclic) bond motifs is 1. The first-order chi connectivity index (χ1) is 15.2. The Hall–Kier alpha value is -3.93. The first-order valence-electron chi connectivity index (χ1n) is 10.4. The van der Waals surface area contributed by atoms with Crippen molar-refractivity contribution in [1.82, 2.24) is 19.8 Å². The fourth-order valence-electron chi connectivity index (χ4n) is 3.98. The van der Waals surface area contributed by atoms with Crippen LogP contribution in [0.15, 0.2) is 79.1 Å². The number of nitrogens with one attached hydrogen (secondary N) is 1. The van der Waals surface area contributed by atoms with Gasteiger partial charge in [-0.1, -0.05) is 42.5 Å². The highest BCUT2D eigenvalue weighted by molar-refractivity contribution is 5.98. The molecule has 6 heteroatoms. The van der Waals surface area contributed by atoms with Crippen LogP contribution >= 0.6 is 0 Å². The van der Waals surface area contributed by atoms with Gasteiger partial charge in [0.2, 0.25) is 0 Å². The van der Waals surface area contributed by atoms with E-state index in [2.05, 4.69) is 22.1 Å². The molecule has 0 spiro atoms. The third kappa shape index (κ3) is 3.80. The molecule has 1 N–H and O–H groups in total. The predicted octanol–water partition coefficient (Wildman–Crippen LogP) is 3.83. The Morgan fingerprint density at radius 3 is 1.97 bits per heavy atom. The third-order valence-electron chi connectivity index (χ3n) is 5.76. The Balaban J connectivity index is 1.22. The first kappa shape index (κ1) is 19.1. The van der Waals surface area contributed by atoms with E-state index in [4.69, 9.17) is 0 Å². The van der Waals surface area contributed by atoms with Crippen LogP contribution in [0.3, 0.4) is 0 Å². The van der Waals surface area contributed by atoms with Crippen molar-refractivity contribution in [1.29, 1.82) is 0 Å². The number of imidazole rings is 1. The van der Waals surface area contributed by atoms with Gasteiger partial charge in [0.1, 0.15) is 0 Å². The molecule has 1 aromatic heterocycles. The second kappa shape index (κ2) is 8.07. The summed E-state index contributed by atoms with van der Waals surface area (Å²) in [6.07, 6.45) is 1.62. The van der Waals surface area contributed by atoms with Gasteiger partial charge in [-0.2, -0.15) is 0 Å². The molecule has 2 amide bonds. The van der Waals surface area contributed by atoms with Crippen LogP contribution in [0.1, 0.15) is 20.7 Å². The molecule has 5 rings (SSSR count). The molecule has 1 aliphatic rings. The highest BCUT2D eigenvalue weighted by Gasteiger charge is 2.25. The molecule has 154 valence electrons. The van der Waals surface area contributed by atoms with E-state index >= 15 is 0 Å². The number of aromatic nitrogens is 2. The standard InChI is InChI=1S/C25H22N4O2/c30-24(20-8-6-19(7-9-20)18-4-2-1-3-5-18)28-12-14-29(15-13-28)25(31)21-10-11-22-23(16-21)27-17-26-22/h1-11,16-17H,12-15H2,(H,26,27). The van der Waals surface area contributed by atoms with Crippen LogP contribution in [-0.2, 0) is 0 Å². The minimum atomic E-state index is -0.0178. The zero-order valence-electron chi connectivity index (χ0n) is 17.0. The number of carbonyl (C=O) groups is 2. The van der Waals surface area contributed by atoms with E-state index in [1.54, 1.807) is 17.3 Å². The van der Waals surface area contributed by atoms with E-state index in [-0.39, 0.29) is 11.8 Å². The van der Waals surface area contributed by atoms with E-state index in [1.165, 1.54) is 0 Å². The summed E-state index contributed by atoms with van der Waals surface area (Å²) in [5.41, 5.74) is 5.20. The quantitative estimate of drug-likeness (QED) is 0.558. The number of hydrogen-bond donors (Lipinski definition) is 1. The SMILES string of the molecule is O=C(c1ccc(-c2ccccc2)cc1)N1CCN(C(=O)c2ccc3nc[nH]c3c2)CC1. The Morgan fingerprint density at radius 2 is 1.29 bits per heavy atom. The Morgan fingerprint density at radius 1 is 0.710 bits per heavy atom. The van der Waals surface area contributed by atoms with E-state index < -0.39 is 0 Å². The number of benzene rings is 3. The van der Waals surface area contributed by atoms with Crippen molar-refractivity contribution in [3.63, 3.8) is 0 Å². The highest BCUT2D eigenvalue weighted by Crippen LogP contribution is 2.20. The molecule has 0 atom stereocenters. The normalized spacial score (nSPS) is 14.1. The van der Waals surface area contributed by atoms with Gasteiger partial charge in [0.15, 0.2) is 0 Å². The van der Waals surface area contributed by atoms with Crippen LogP contribution in [-0.4, -0.2) is 57.8 Å². The van der Waals surface area contributed by atoms with Gasteiger partial charge in [-0.15, -0.1) is 0 Å². The predicted molar refractivity (Wildman–Crippen MR) is 120 cm³/mol. The van der Waals surface area contributed by atoms with Crippen LogP contribution in [0.5, 0.6) is 0 Å². The van der Waals surface area contributed by atoms with Crippen LogP contribution < -0.4 is 0 Å². The van der Waals surface area contributed by atoms with Gasteiger partial charge in [0.25, 0.3) is 11.8 Å². The summed E-state index contributed by atoms with van der Waals surface area (Å²) < 4.78 is 0. The molecule has 0 aliphatic carbocycles. The average molecular weight is 410 g/mol. The number of rotatable bonds is 3. The molecule has 1 fully saturated rings. The number of piperazine rings is 1. The molecule has 1 saturated heterocycles. The van der Waals surface area contributed by atoms with Gasteiger partial charge in [-0.05, 0) is 41.5 Å². The van der Waals surface area contributed by atoms with Crippen LogP contribution in [0.2, 0.25) is 0 Å². The summed E-state index contributed by atoms with van der Waals surface area (Å²) >= 11 is 0. The second-order valence-electron chi connectivity index (χ2n) is 7.66. The Bertz CT molecular complexity index is 1220. The lowest BCUT2D eigenvalue weighted by atomic mass is 10.0. The molecule has 0 bridgehead atoms. The summed E-state index contributed by atoms with van der Waals surface area (Å²) in [6, 6.07) is 23.3. The van der Waals surface area contributed by atoms with Gasteiger partial charge >= 0.3 is 0 Å². The summed E-state index contributed by atoms with van der Waals surface area (Å²) in [6.45, 7) is 2.09. The van der Waals surface area contributed by atoms with Crippen molar-refractivity contribution in [3.05, 3.63) is 90.3 Å². The maximum atomic E-state index is 12.9. The minimum absolute atomic E-state index is 0.00518. The molecule has 1 aliphatic heterocycles. The monoisotopic (exact) mass is 410 g/mol. The highest BCUT2D eigenvalue weighted by atomic mass is 16.2. The van der Waals surface area contributed by atoms with Gasteiger partial charge in [-0.3, -0.25) is 9.59 Å². The number of carbonyl (C=O) groups excluding carboxylic acids is 2. The molecular formula is C25H22N4O2. The number of H-pyrrole nitrogens is 1. The van der Waals surface area contributed by atoms with Gasteiger partial charge in [-0.25, -0.2) is 4.98 Å². The zero-order valence-corrected chi connectivity index (χ0v) is 17.0. The summed E-state index contributed by atoms with van der Waals surface area (Å²) in [4.78, 5) is 36.6. The minimum Gasteiger partial charge on any atom is -0.345 e. The maximum Gasteiger partial charge on any atom is 0.254 e. The lowest BCUT2D eigenvalue weighted by Gasteiger charge is -2.35. The number of aromatic amines is 1. The van der Waals surface area contributed by atoms with Crippen molar-refractivity contribution in [3.8, 4) is 11.1 Å². The second-order valence-corrected chi connectivity index (χ2v) is 7.66. The summed E-state index contributed by atoms with van der Waals surface area (Å²) in [5.74, 6) is -0.0126. The molecule has 0 radical (unpaired) electrons. The third-order valence-corrected chi connectivity index (χ3v) is 5.76. The van der Waals surface area contributed by atoms with Gasteiger partial charge in [0, 0.05) is 37.3 Å². The van der Waals surface area contributed by atoms with Gasteiger partial charge in [0.05, 0.1) is 17.4 Å². The lowest BCUT2D eigenvalue weighted by molar-refractivity contribution is 0.0535. The lowest BCUT2D eigenvalue weighted by Crippen LogP contribution is -2.50. The average Bonchev–Trinajstić information content (AvgIpc) is 3.32. The van der Waals surface area contributed by atoms with E-state index in [0.29, 0.717) is 37.3 Å². The molecule has 6 nitrogen and oxygen atoms in total. The van der Waals surface area contributed by atoms with Crippen molar-refractivity contribution < 1.29 is 9.59 Å². The molecule has 31 heavy (non-hydrogen) atoms. The topological polar surface area (TPSA) is 69.3 Å².